The van der Waals surface area contributed by atoms with Crippen LogP contribution >= 0.6 is 0 Å². The molecule has 1 fully saturated rings. The monoisotopic (exact) mass is 607 g/mol. The van der Waals surface area contributed by atoms with Crippen LogP contribution in [-0.4, -0.2) is 114 Å². The van der Waals surface area contributed by atoms with E-state index in [-0.39, 0.29) is 43.5 Å². The van der Waals surface area contributed by atoms with Crippen LogP contribution in [0.5, 0.6) is 5.75 Å². The van der Waals surface area contributed by atoms with Gasteiger partial charge in [-0.2, -0.15) is 4.31 Å². The Bertz CT molecular complexity index is 1170. The van der Waals surface area contributed by atoms with E-state index in [4.69, 9.17) is 18.9 Å². The Balaban J connectivity index is 1.76. The maximum atomic E-state index is 13.6. The van der Waals surface area contributed by atoms with Crippen molar-refractivity contribution in [2.45, 2.75) is 43.4 Å². The van der Waals surface area contributed by atoms with Crippen LogP contribution in [0.3, 0.4) is 0 Å². The Kier molecular flexibility index (Phi) is 13.5. The molecule has 0 unspecified atom stereocenters. The highest BCUT2D eigenvalue weighted by atomic mass is 32.2. The Morgan fingerprint density at radius 1 is 1.05 bits per heavy atom. The second kappa shape index (κ2) is 16.8. The Labute approximate surface area is 249 Å². The topological polar surface area (TPSA) is 127 Å². The molecule has 2 atom stereocenters. The number of nitrogens with zero attached hydrogens (tertiary/aromatic N) is 2. The fourth-order valence-corrected chi connectivity index (χ4v) is 6.12. The number of ether oxygens (including phenoxy) is 4. The van der Waals surface area contributed by atoms with Crippen molar-refractivity contribution < 1.29 is 37.3 Å². The van der Waals surface area contributed by atoms with Crippen molar-refractivity contribution in [1.82, 2.24) is 14.5 Å². The van der Waals surface area contributed by atoms with Gasteiger partial charge in [0.1, 0.15) is 5.75 Å². The van der Waals surface area contributed by atoms with Crippen LogP contribution in [0.25, 0.3) is 0 Å². The molecule has 2 aromatic carbocycles. The van der Waals surface area contributed by atoms with E-state index >= 15 is 0 Å². The van der Waals surface area contributed by atoms with E-state index in [1.165, 1.54) is 23.5 Å². The van der Waals surface area contributed by atoms with Gasteiger partial charge in [-0.05, 0) is 49.2 Å². The van der Waals surface area contributed by atoms with Gasteiger partial charge in [0, 0.05) is 26.2 Å². The molecule has 0 radical (unpaired) electrons. The van der Waals surface area contributed by atoms with Crippen LogP contribution in [0.15, 0.2) is 59.5 Å². The highest BCUT2D eigenvalue weighted by Crippen LogP contribution is 2.22. The Morgan fingerprint density at radius 2 is 1.67 bits per heavy atom. The van der Waals surface area contributed by atoms with Gasteiger partial charge in [-0.15, -0.1) is 0 Å². The van der Waals surface area contributed by atoms with Crippen LogP contribution in [0.1, 0.15) is 19.4 Å². The number of carbonyl (C=O) groups excluding carboxylic acids is 1. The van der Waals surface area contributed by atoms with E-state index in [1.54, 1.807) is 12.1 Å². The molecule has 3 rings (SSSR count). The summed E-state index contributed by atoms with van der Waals surface area (Å²) in [7, 11) is -0.461. The number of nitrogens with one attached hydrogen (secondary N) is 1. The summed E-state index contributed by atoms with van der Waals surface area (Å²) in [4.78, 5) is 15.2. The third-order valence-electron chi connectivity index (χ3n) is 6.84. The quantitative estimate of drug-likeness (QED) is 0.374. The molecule has 1 heterocycles. The molecule has 0 aliphatic carbocycles. The SMILES string of the molecule is COc1ccc(S(=O)(=O)N(CC(C)C)C[C@H](O)[C@@H](Cc2ccccc2)NC(=O)OC2COCCN(C)CCOC2)cc1. The highest BCUT2D eigenvalue weighted by Gasteiger charge is 2.32. The normalized spacial score (nSPS) is 17.5. The zero-order valence-corrected chi connectivity index (χ0v) is 25.8. The molecule has 0 spiro atoms. The number of amides is 1. The summed E-state index contributed by atoms with van der Waals surface area (Å²) in [5, 5.41) is 14.2. The molecule has 2 N–H and O–H groups in total. The second-order valence-corrected chi connectivity index (χ2v) is 12.8. The summed E-state index contributed by atoms with van der Waals surface area (Å²) in [6.45, 7) is 6.59. The zero-order chi connectivity index (χ0) is 30.5. The zero-order valence-electron chi connectivity index (χ0n) is 25.0. The number of likely N-dealkylation sites (N-methyl/N-ethyl adjacent to an activating group) is 1. The largest absolute Gasteiger partial charge is 0.497 e. The average Bonchev–Trinajstić information content (AvgIpc) is 2.97. The predicted molar refractivity (Wildman–Crippen MR) is 159 cm³/mol. The lowest BCUT2D eigenvalue weighted by molar-refractivity contribution is -0.0443. The lowest BCUT2D eigenvalue weighted by Crippen LogP contribution is -2.52. The highest BCUT2D eigenvalue weighted by molar-refractivity contribution is 7.89. The number of hydrogen-bond acceptors (Lipinski definition) is 9. The van der Waals surface area contributed by atoms with E-state index < -0.39 is 34.4 Å². The molecule has 234 valence electrons. The average molecular weight is 608 g/mol. The Hall–Kier alpha value is -2.74. The van der Waals surface area contributed by atoms with Gasteiger partial charge in [0.05, 0.1) is 50.6 Å². The van der Waals surface area contributed by atoms with Crippen LogP contribution in [0.2, 0.25) is 0 Å². The van der Waals surface area contributed by atoms with Crippen LogP contribution < -0.4 is 10.1 Å². The van der Waals surface area contributed by atoms with Crippen LogP contribution in [0, 0.1) is 5.92 Å². The first kappa shape index (κ1) is 33.8. The smallest absolute Gasteiger partial charge is 0.407 e. The number of sulfonamides is 1. The molecule has 1 aliphatic rings. The number of aliphatic hydroxyl groups is 1. The van der Waals surface area contributed by atoms with Gasteiger partial charge in [-0.3, -0.25) is 0 Å². The molecule has 0 bridgehead atoms. The van der Waals surface area contributed by atoms with Crippen molar-refractivity contribution in [3.63, 3.8) is 0 Å². The van der Waals surface area contributed by atoms with E-state index in [9.17, 15) is 18.3 Å². The number of benzene rings is 2. The Morgan fingerprint density at radius 3 is 2.24 bits per heavy atom. The van der Waals surface area contributed by atoms with Gasteiger partial charge in [0.15, 0.2) is 6.10 Å². The summed E-state index contributed by atoms with van der Waals surface area (Å²) >= 11 is 0. The molecule has 0 saturated carbocycles. The van der Waals surface area contributed by atoms with E-state index in [0.717, 1.165) is 18.7 Å². The minimum atomic E-state index is -3.95. The first-order chi connectivity index (χ1) is 20.1. The maximum absolute atomic E-state index is 13.6. The molecular weight excluding hydrogens is 562 g/mol. The lowest BCUT2D eigenvalue weighted by Gasteiger charge is -2.31. The summed E-state index contributed by atoms with van der Waals surface area (Å²) in [6, 6.07) is 14.6. The summed E-state index contributed by atoms with van der Waals surface area (Å²) in [5.74, 6) is 0.525. The number of rotatable bonds is 12. The number of carbonyl (C=O) groups is 1. The van der Waals surface area contributed by atoms with Gasteiger partial charge in [-0.1, -0.05) is 44.2 Å². The molecule has 2 aromatic rings. The van der Waals surface area contributed by atoms with Gasteiger partial charge < -0.3 is 34.3 Å². The molecule has 1 aliphatic heterocycles. The third-order valence-corrected chi connectivity index (χ3v) is 8.68. The van der Waals surface area contributed by atoms with Gasteiger partial charge in [0.2, 0.25) is 10.0 Å². The first-order valence-corrected chi connectivity index (χ1v) is 15.7. The molecular formula is C30H45N3O8S. The van der Waals surface area contributed by atoms with E-state index in [2.05, 4.69) is 10.2 Å². The van der Waals surface area contributed by atoms with Gasteiger partial charge in [0.25, 0.3) is 0 Å². The molecule has 11 nitrogen and oxygen atoms in total. The van der Waals surface area contributed by atoms with E-state index in [1.807, 2.05) is 51.2 Å². The lowest BCUT2D eigenvalue weighted by atomic mass is 10.0. The second-order valence-electron chi connectivity index (χ2n) is 10.9. The van der Waals surface area contributed by atoms with Crippen molar-refractivity contribution in [3.05, 3.63) is 60.2 Å². The fourth-order valence-electron chi connectivity index (χ4n) is 4.50. The van der Waals surface area contributed by atoms with Gasteiger partial charge >= 0.3 is 6.09 Å². The number of methoxy groups -OCH3 is 1. The summed E-state index contributed by atoms with van der Waals surface area (Å²) < 4.78 is 50.7. The summed E-state index contributed by atoms with van der Waals surface area (Å²) in [5.41, 5.74) is 0.866. The standard InChI is InChI=1S/C30H45N3O8S/c1-23(2)19-33(42(36,37)27-12-10-25(38-4)11-13-27)20-29(34)28(18-24-8-6-5-7-9-24)31-30(35)41-26-21-39-16-14-32(3)15-17-40-22-26/h5-13,23,26,28-29,34H,14-22H2,1-4H3,(H,31,35)/t28-,29+/m1/s1. The summed E-state index contributed by atoms with van der Waals surface area (Å²) in [6.07, 6.45) is -2.35. The van der Waals surface area contributed by atoms with Crippen molar-refractivity contribution in [2.75, 3.05) is 66.8 Å². The minimum Gasteiger partial charge on any atom is -0.497 e. The molecule has 12 heteroatoms. The van der Waals surface area contributed by atoms with Crippen LogP contribution in [-0.2, 0) is 30.7 Å². The van der Waals surface area contributed by atoms with Crippen molar-refractivity contribution >= 4 is 16.1 Å². The maximum Gasteiger partial charge on any atom is 0.407 e. The number of aliphatic hydroxyl groups excluding tert-OH is 1. The van der Waals surface area contributed by atoms with Crippen molar-refractivity contribution in [1.29, 1.82) is 0 Å². The molecule has 1 saturated heterocycles. The van der Waals surface area contributed by atoms with Crippen molar-refractivity contribution in [3.8, 4) is 5.75 Å². The molecule has 42 heavy (non-hydrogen) atoms. The molecule has 0 aromatic heterocycles. The van der Waals surface area contributed by atoms with Crippen molar-refractivity contribution in [2.24, 2.45) is 5.92 Å². The first-order valence-electron chi connectivity index (χ1n) is 14.3. The number of alkyl carbamates (subject to hydrolysis) is 1. The fraction of sp³-hybridized carbons (Fsp3) is 0.567. The minimum absolute atomic E-state index is 0.0110. The van der Waals surface area contributed by atoms with Crippen LogP contribution in [0.4, 0.5) is 4.79 Å². The predicted octanol–water partition coefficient (Wildman–Crippen LogP) is 2.39. The van der Waals surface area contributed by atoms with E-state index in [0.29, 0.717) is 19.0 Å². The molecule has 1 amide bonds. The third kappa shape index (κ3) is 10.8. The van der Waals surface area contributed by atoms with Gasteiger partial charge in [-0.25, -0.2) is 13.2 Å². The number of hydrogen-bond donors (Lipinski definition) is 2.